The number of H-pyrrole nitrogens is 1. The molecule has 3 aliphatic carbocycles. The van der Waals surface area contributed by atoms with Gasteiger partial charge in [-0.25, -0.2) is 24.7 Å². The van der Waals surface area contributed by atoms with Crippen LogP contribution in [0.15, 0.2) is 20.9 Å². The van der Waals surface area contributed by atoms with Gasteiger partial charge in [-0.3, -0.25) is 9.51 Å². The van der Waals surface area contributed by atoms with Crippen molar-refractivity contribution in [2.75, 3.05) is 5.32 Å². The summed E-state index contributed by atoms with van der Waals surface area (Å²) in [5.74, 6) is 3.72. The molecule has 0 aliphatic heterocycles. The van der Waals surface area contributed by atoms with Crippen LogP contribution in [0.4, 0.5) is 5.82 Å². The van der Waals surface area contributed by atoms with E-state index in [0.29, 0.717) is 23.3 Å². The van der Waals surface area contributed by atoms with Gasteiger partial charge in [-0.2, -0.15) is 0 Å². The third kappa shape index (κ3) is 4.15. The fraction of sp³-hybridized carbons (Fsp3) is 0.630. The van der Waals surface area contributed by atoms with Crippen molar-refractivity contribution >= 4 is 28.3 Å². The minimum Gasteiger partial charge on any atom is -0.365 e. The van der Waals surface area contributed by atoms with Crippen molar-refractivity contribution in [1.29, 1.82) is 0 Å². The Morgan fingerprint density at radius 1 is 1.18 bits per heavy atom. The summed E-state index contributed by atoms with van der Waals surface area (Å²) in [5.41, 5.74) is 1.40. The first-order valence-corrected chi connectivity index (χ1v) is 14.9. The summed E-state index contributed by atoms with van der Waals surface area (Å²) >= 11 is 1.71. The molecule has 3 fully saturated rings. The molecule has 4 aromatic rings. The molecular formula is C27H34N8O2S. The number of hydrogen-bond acceptors (Lipinski definition) is 9. The van der Waals surface area contributed by atoms with Gasteiger partial charge in [0.25, 0.3) is 0 Å². The lowest BCUT2D eigenvalue weighted by Crippen LogP contribution is -2.31. The molecule has 200 valence electrons. The number of hydrogen-bond donors (Lipinski definition) is 2. The van der Waals surface area contributed by atoms with Crippen LogP contribution in [0.3, 0.4) is 0 Å². The maximum absolute atomic E-state index is 11.7. The predicted octanol–water partition coefficient (Wildman–Crippen LogP) is 5.13. The van der Waals surface area contributed by atoms with Crippen LogP contribution < -0.4 is 11.1 Å². The zero-order valence-corrected chi connectivity index (χ0v) is 22.8. The summed E-state index contributed by atoms with van der Waals surface area (Å²) < 4.78 is 7.19. The van der Waals surface area contributed by atoms with Crippen molar-refractivity contribution in [1.82, 2.24) is 34.6 Å². The number of nitrogens with one attached hydrogen (secondary N) is 2. The van der Waals surface area contributed by atoms with Crippen molar-refractivity contribution in [3.05, 3.63) is 33.0 Å². The number of anilines is 1. The molecular weight excluding hydrogens is 500 g/mol. The van der Waals surface area contributed by atoms with Crippen LogP contribution in [-0.2, 0) is 12.0 Å². The van der Waals surface area contributed by atoms with Gasteiger partial charge < -0.3 is 9.88 Å². The second-order valence-corrected chi connectivity index (χ2v) is 12.6. The SMILES string of the molecule is C[C@@H](Nc1nc(-c2noc(=O)[nH]2)nc2nc(C3(c4nccs4)CC3)n(C[C@H]3CC[C@H](C)CC3)c12)C1CCC1. The van der Waals surface area contributed by atoms with Crippen molar-refractivity contribution < 1.29 is 4.52 Å². The van der Waals surface area contributed by atoms with E-state index in [1.54, 1.807) is 11.3 Å². The molecule has 0 saturated heterocycles. The molecule has 0 bridgehead atoms. The van der Waals surface area contributed by atoms with E-state index in [4.69, 9.17) is 24.5 Å². The van der Waals surface area contributed by atoms with E-state index in [9.17, 15) is 4.79 Å². The van der Waals surface area contributed by atoms with Crippen LogP contribution in [0.2, 0.25) is 0 Å². The molecule has 2 N–H and O–H groups in total. The molecule has 4 aromatic heterocycles. The van der Waals surface area contributed by atoms with Gasteiger partial charge >= 0.3 is 5.76 Å². The Balaban J connectivity index is 1.39. The molecule has 38 heavy (non-hydrogen) atoms. The van der Waals surface area contributed by atoms with Crippen LogP contribution in [0.1, 0.15) is 82.5 Å². The van der Waals surface area contributed by atoms with E-state index in [2.05, 4.69) is 39.3 Å². The second-order valence-electron chi connectivity index (χ2n) is 11.7. The fourth-order valence-electron chi connectivity index (χ4n) is 6.27. The van der Waals surface area contributed by atoms with E-state index in [0.717, 1.165) is 47.5 Å². The number of imidazole rings is 1. The van der Waals surface area contributed by atoms with Gasteiger partial charge in [0.15, 0.2) is 11.5 Å². The maximum atomic E-state index is 11.7. The van der Waals surface area contributed by atoms with E-state index in [-0.39, 0.29) is 17.3 Å². The Morgan fingerprint density at radius 2 is 2.00 bits per heavy atom. The highest BCUT2D eigenvalue weighted by Crippen LogP contribution is 2.54. The van der Waals surface area contributed by atoms with E-state index in [1.165, 1.54) is 44.9 Å². The maximum Gasteiger partial charge on any atom is 0.439 e. The molecule has 0 unspecified atom stereocenters. The Kier molecular flexibility index (Phi) is 5.86. The number of aromatic nitrogens is 7. The lowest BCUT2D eigenvalue weighted by Gasteiger charge is -2.32. The molecule has 0 spiro atoms. The number of nitrogens with zero attached hydrogens (tertiary/aromatic N) is 6. The molecule has 1 atom stereocenters. The minimum absolute atomic E-state index is 0.171. The molecule has 0 radical (unpaired) electrons. The molecule has 7 rings (SSSR count). The normalized spacial score (nSPS) is 23.8. The van der Waals surface area contributed by atoms with Crippen LogP contribution in [0.25, 0.3) is 22.8 Å². The Morgan fingerprint density at radius 3 is 2.63 bits per heavy atom. The first-order valence-electron chi connectivity index (χ1n) is 14.0. The average molecular weight is 535 g/mol. The molecule has 4 heterocycles. The van der Waals surface area contributed by atoms with E-state index < -0.39 is 5.76 Å². The number of fused-ring (bicyclic) bond motifs is 1. The highest BCUT2D eigenvalue weighted by atomic mass is 32.1. The first kappa shape index (κ1) is 24.0. The molecule has 11 heteroatoms. The van der Waals surface area contributed by atoms with Crippen molar-refractivity contribution in [2.45, 2.75) is 89.6 Å². The van der Waals surface area contributed by atoms with Gasteiger partial charge in [-0.1, -0.05) is 31.3 Å². The van der Waals surface area contributed by atoms with E-state index >= 15 is 0 Å². The zero-order chi connectivity index (χ0) is 25.9. The van der Waals surface area contributed by atoms with Crippen molar-refractivity contribution in [3.63, 3.8) is 0 Å². The third-order valence-corrected chi connectivity index (χ3v) is 10.0. The lowest BCUT2D eigenvalue weighted by atomic mass is 9.80. The number of thiazole rings is 1. The van der Waals surface area contributed by atoms with Gasteiger partial charge in [0.05, 0.1) is 5.41 Å². The summed E-state index contributed by atoms with van der Waals surface area (Å²) in [6, 6.07) is 0.266. The molecule has 10 nitrogen and oxygen atoms in total. The lowest BCUT2D eigenvalue weighted by molar-refractivity contribution is 0.264. The van der Waals surface area contributed by atoms with Crippen LogP contribution >= 0.6 is 11.3 Å². The third-order valence-electron chi connectivity index (χ3n) is 9.07. The first-order chi connectivity index (χ1) is 18.5. The van der Waals surface area contributed by atoms with Crippen molar-refractivity contribution in [2.24, 2.45) is 17.8 Å². The monoisotopic (exact) mass is 534 g/mol. The molecule has 0 amide bonds. The zero-order valence-electron chi connectivity index (χ0n) is 21.9. The van der Waals surface area contributed by atoms with Gasteiger partial charge in [0.1, 0.15) is 16.3 Å². The van der Waals surface area contributed by atoms with Crippen LogP contribution in [0, 0.1) is 17.8 Å². The predicted molar refractivity (Wildman–Crippen MR) is 145 cm³/mol. The summed E-state index contributed by atoms with van der Waals surface area (Å²) in [6.07, 6.45) is 12.7. The Bertz CT molecular complexity index is 1490. The second kappa shape index (κ2) is 9.29. The van der Waals surface area contributed by atoms with Gasteiger partial charge in [-0.15, -0.1) is 11.3 Å². The van der Waals surface area contributed by atoms with Crippen molar-refractivity contribution in [3.8, 4) is 11.6 Å². The minimum atomic E-state index is -0.625. The summed E-state index contributed by atoms with van der Waals surface area (Å²) in [4.78, 5) is 34.0. The number of rotatable bonds is 8. The molecule has 3 aliphatic rings. The highest BCUT2D eigenvalue weighted by molar-refractivity contribution is 7.09. The number of aromatic amines is 1. The van der Waals surface area contributed by atoms with Gasteiger partial charge in [-0.05, 0) is 63.2 Å². The molecule has 3 saturated carbocycles. The summed E-state index contributed by atoms with van der Waals surface area (Å²) in [7, 11) is 0. The van der Waals surface area contributed by atoms with E-state index in [1.807, 2.05) is 6.20 Å². The largest absolute Gasteiger partial charge is 0.439 e. The van der Waals surface area contributed by atoms with Crippen LogP contribution in [-0.4, -0.2) is 40.7 Å². The smallest absolute Gasteiger partial charge is 0.365 e. The highest BCUT2D eigenvalue weighted by Gasteiger charge is 2.52. The fourth-order valence-corrected chi connectivity index (χ4v) is 7.17. The summed E-state index contributed by atoms with van der Waals surface area (Å²) in [5, 5.41) is 10.8. The topological polar surface area (TPSA) is 127 Å². The van der Waals surface area contributed by atoms with Gasteiger partial charge in [0.2, 0.25) is 11.6 Å². The van der Waals surface area contributed by atoms with Crippen LogP contribution in [0.5, 0.6) is 0 Å². The quantitative estimate of drug-likeness (QED) is 0.318. The average Bonchev–Trinajstić information content (AvgIpc) is 3.22. The summed E-state index contributed by atoms with van der Waals surface area (Å²) in [6.45, 7) is 5.50. The molecule has 0 aromatic carbocycles. The standard InChI is InChI=1S/C27H34N8O2S/c1-15-6-8-17(9-7-15)14-35-19-20(29-16(2)18-4-3-5-18)30-22(23-33-26(36)37-34-23)31-21(19)32-24(35)27(10-11-27)25-28-12-13-38-25/h12-13,15-18H,3-11,14H2,1-2H3,(H,29,30,31)(H,33,34,36)/t15-,16-,17-/m1/s1. The van der Waals surface area contributed by atoms with Gasteiger partial charge in [0, 0.05) is 24.2 Å². The Labute approximate surface area is 224 Å². The Hall–Kier alpha value is -3.08.